The van der Waals surface area contributed by atoms with E-state index in [4.69, 9.17) is 13.9 Å². The van der Waals surface area contributed by atoms with E-state index in [-0.39, 0.29) is 22.7 Å². The fraction of sp³-hybridized carbons (Fsp3) is 0.207. The Morgan fingerprint density at radius 2 is 1.85 bits per heavy atom. The van der Waals surface area contributed by atoms with Crippen molar-refractivity contribution < 1.29 is 18.8 Å². The summed E-state index contributed by atoms with van der Waals surface area (Å²) in [4.78, 5) is 29.4. The van der Waals surface area contributed by atoms with Gasteiger partial charge in [0.15, 0.2) is 11.5 Å². The zero-order valence-electron chi connectivity index (χ0n) is 21.9. The highest BCUT2D eigenvalue weighted by Gasteiger charge is 2.20. The minimum Gasteiger partial charge on any atom is -0.496 e. The summed E-state index contributed by atoms with van der Waals surface area (Å²) in [5.41, 5.74) is 0.656. The van der Waals surface area contributed by atoms with Crippen LogP contribution in [0, 0.1) is 15.5 Å². The molecule has 0 saturated carbocycles. The van der Waals surface area contributed by atoms with E-state index < -0.39 is 10.5 Å². The van der Waals surface area contributed by atoms with Gasteiger partial charge in [-0.3, -0.25) is 14.9 Å². The zero-order chi connectivity index (χ0) is 27.7. The third-order valence-electron chi connectivity index (χ3n) is 5.88. The molecule has 0 bridgehead atoms. The van der Waals surface area contributed by atoms with Crippen molar-refractivity contribution >= 4 is 33.8 Å². The summed E-state index contributed by atoms with van der Waals surface area (Å²) in [6.07, 6.45) is 1.37. The van der Waals surface area contributed by atoms with Crippen LogP contribution in [0.4, 0.5) is 5.69 Å². The molecule has 2 heterocycles. The summed E-state index contributed by atoms with van der Waals surface area (Å²) in [6.45, 7) is 6.24. The maximum Gasteiger partial charge on any atom is 0.311 e. The lowest BCUT2D eigenvalue weighted by Crippen LogP contribution is -2.20. The maximum absolute atomic E-state index is 13.5. The topological polar surface area (TPSA) is 122 Å². The van der Waals surface area contributed by atoms with Crippen LogP contribution in [0.15, 0.2) is 81.0 Å². The number of aromatic nitrogens is 2. The Kier molecular flexibility index (Phi) is 6.61. The van der Waals surface area contributed by atoms with Crippen molar-refractivity contribution in [2.45, 2.75) is 20.8 Å². The van der Waals surface area contributed by atoms with Crippen molar-refractivity contribution in [1.82, 2.24) is 9.66 Å². The van der Waals surface area contributed by atoms with E-state index in [0.717, 1.165) is 10.1 Å². The van der Waals surface area contributed by atoms with Crippen LogP contribution >= 0.6 is 0 Å². The third kappa shape index (κ3) is 5.22. The van der Waals surface area contributed by atoms with Crippen LogP contribution in [0.3, 0.4) is 0 Å². The van der Waals surface area contributed by atoms with Gasteiger partial charge in [-0.15, -0.1) is 0 Å². The largest absolute Gasteiger partial charge is 0.496 e. The van der Waals surface area contributed by atoms with Crippen LogP contribution in [0.5, 0.6) is 11.5 Å². The molecule has 0 aliphatic heterocycles. The molecular formula is C29H26N4O6. The molecule has 0 radical (unpaired) electrons. The minimum absolute atomic E-state index is 0.161. The summed E-state index contributed by atoms with van der Waals surface area (Å²) in [7, 11) is 1.56. The van der Waals surface area contributed by atoms with Crippen molar-refractivity contribution in [2.24, 2.45) is 10.5 Å². The van der Waals surface area contributed by atoms with Gasteiger partial charge in [-0.2, -0.15) is 9.78 Å². The second-order valence-corrected chi connectivity index (χ2v) is 10.1. The molecule has 2 aromatic heterocycles. The first-order valence-corrected chi connectivity index (χ1v) is 12.2. The molecule has 3 aromatic carbocycles. The number of fused-ring (bicyclic) bond motifs is 2. The number of benzene rings is 3. The number of nitro groups is 1. The predicted molar refractivity (Wildman–Crippen MR) is 149 cm³/mol. The molecule has 0 N–H and O–H groups in total. The van der Waals surface area contributed by atoms with E-state index in [0.29, 0.717) is 40.2 Å². The summed E-state index contributed by atoms with van der Waals surface area (Å²) in [5, 5.41) is 17.2. The molecule has 198 valence electrons. The molecule has 0 amide bonds. The average Bonchev–Trinajstić information content (AvgIpc) is 3.35. The standard InChI is InChI=1S/C29H26N4O6/c1-29(2,3)17-38-25-13-12-18(14-22(25)33(35)36)16-30-32-27(31-21-9-6-5-8-19(21)28(32)34)26-15-20-23(37-4)10-7-11-24(20)39-26/h5-16H,17H2,1-4H3. The van der Waals surface area contributed by atoms with E-state index in [2.05, 4.69) is 10.1 Å². The highest BCUT2D eigenvalue weighted by molar-refractivity contribution is 5.88. The van der Waals surface area contributed by atoms with Crippen molar-refractivity contribution in [3.63, 3.8) is 0 Å². The quantitative estimate of drug-likeness (QED) is 0.144. The smallest absolute Gasteiger partial charge is 0.311 e. The number of methoxy groups -OCH3 is 1. The van der Waals surface area contributed by atoms with Gasteiger partial charge in [0.25, 0.3) is 5.56 Å². The molecule has 10 nitrogen and oxygen atoms in total. The first kappa shape index (κ1) is 25.7. The van der Waals surface area contributed by atoms with Crippen LogP contribution < -0.4 is 15.0 Å². The second kappa shape index (κ2) is 10.1. The number of ether oxygens (including phenoxy) is 2. The van der Waals surface area contributed by atoms with Crippen LogP contribution in [0.25, 0.3) is 33.5 Å². The number of furan rings is 1. The number of nitrogens with zero attached hydrogens (tertiary/aromatic N) is 4. The Balaban J connectivity index is 1.62. The number of nitro benzene ring substituents is 1. The molecule has 0 aliphatic carbocycles. The van der Waals surface area contributed by atoms with Crippen LogP contribution in [0.2, 0.25) is 0 Å². The van der Waals surface area contributed by atoms with Gasteiger partial charge < -0.3 is 13.9 Å². The van der Waals surface area contributed by atoms with Gasteiger partial charge in [-0.1, -0.05) is 39.0 Å². The molecule has 39 heavy (non-hydrogen) atoms. The second-order valence-electron chi connectivity index (χ2n) is 10.1. The lowest BCUT2D eigenvalue weighted by molar-refractivity contribution is -0.386. The third-order valence-corrected chi connectivity index (χ3v) is 5.88. The zero-order valence-corrected chi connectivity index (χ0v) is 21.9. The summed E-state index contributed by atoms with van der Waals surface area (Å²) < 4.78 is 18.3. The molecule has 0 saturated heterocycles. The van der Waals surface area contributed by atoms with Gasteiger partial charge in [0, 0.05) is 11.6 Å². The van der Waals surface area contributed by atoms with Crippen molar-refractivity contribution in [2.75, 3.05) is 13.7 Å². The van der Waals surface area contributed by atoms with Crippen LogP contribution in [-0.4, -0.2) is 34.5 Å². The predicted octanol–water partition coefficient (Wildman–Crippen LogP) is 6.03. The molecule has 0 aliphatic rings. The fourth-order valence-corrected chi connectivity index (χ4v) is 4.01. The van der Waals surface area contributed by atoms with Gasteiger partial charge in [0.2, 0.25) is 5.82 Å². The lowest BCUT2D eigenvalue weighted by Gasteiger charge is -2.18. The Bertz CT molecular complexity index is 1800. The molecule has 0 unspecified atom stereocenters. The highest BCUT2D eigenvalue weighted by Crippen LogP contribution is 2.33. The molecule has 5 rings (SSSR count). The molecular weight excluding hydrogens is 500 g/mol. The first-order chi connectivity index (χ1) is 18.6. The maximum atomic E-state index is 13.5. The minimum atomic E-state index is -0.508. The van der Waals surface area contributed by atoms with Gasteiger partial charge in [-0.25, -0.2) is 4.98 Å². The SMILES string of the molecule is COc1cccc2oc(-c3nc4ccccc4c(=O)n3N=Cc3ccc(OCC(C)(C)C)c([N+](=O)[O-])c3)cc12. The molecule has 0 atom stereocenters. The summed E-state index contributed by atoms with van der Waals surface area (Å²) in [5.74, 6) is 1.26. The van der Waals surface area contributed by atoms with Gasteiger partial charge in [0.05, 0.1) is 41.1 Å². The fourth-order valence-electron chi connectivity index (χ4n) is 4.01. The van der Waals surface area contributed by atoms with Gasteiger partial charge >= 0.3 is 5.69 Å². The molecule has 5 aromatic rings. The highest BCUT2D eigenvalue weighted by atomic mass is 16.6. The lowest BCUT2D eigenvalue weighted by atomic mass is 9.99. The van der Waals surface area contributed by atoms with E-state index in [9.17, 15) is 14.9 Å². The number of hydrogen-bond donors (Lipinski definition) is 0. The van der Waals surface area contributed by atoms with E-state index in [1.165, 1.54) is 18.3 Å². The molecule has 0 spiro atoms. The van der Waals surface area contributed by atoms with Crippen LogP contribution in [0.1, 0.15) is 26.3 Å². The summed E-state index contributed by atoms with van der Waals surface area (Å²) in [6, 6.07) is 18.6. The van der Waals surface area contributed by atoms with E-state index >= 15 is 0 Å². The Morgan fingerprint density at radius 1 is 1.05 bits per heavy atom. The summed E-state index contributed by atoms with van der Waals surface area (Å²) >= 11 is 0. The normalized spacial score (nSPS) is 11.9. The van der Waals surface area contributed by atoms with Crippen molar-refractivity contribution in [1.29, 1.82) is 0 Å². The monoisotopic (exact) mass is 526 g/mol. The average molecular weight is 527 g/mol. The number of rotatable bonds is 7. The molecule has 10 heteroatoms. The van der Waals surface area contributed by atoms with E-state index in [1.54, 1.807) is 55.6 Å². The Morgan fingerprint density at radius 3 is 2.59 bits per heavy atom. The van der Waals surface area contributed by atoms with Crippen molar-refractivity contribution in [3.8, 4) is 23.1 Å². The van der Waals surface area contributed by atoms with Gasteiger partial charge in [-0.05, 0) is 47.9 Å². The van der Waals surface area contributed by atoms with Gasteiger partial charge in [0.1, 0.15) is 11.3 Å². The Hall–Kier alpha value is -4.99. The molecule has 0 fully saturated rings. The Labute approximate surface area is 223 Å². The van der Waals surface area contributed by atoms with Crippen LogP contribution in [-0.2, 0) is 0 Å². The van der Waals surface area contributed by atoms with E-state index in [1.807, 2.05) is 26.8 Å². The number of para-hydroxylation sites is 1. The van der Waals surface area contributed by atoms with Crippen molar-refractivity contribution in [3.05, 3.63) is 92.8 Å². The first-order valence-electron chi connectivity index (χ1n) is 12.2. The number of hydrogen-bond acceptors (Lipinski definition) is 8.